The number of carbonyl (C=O) groups is 2. The lowest BCUT2D eigenvalue weighted by molar-refractivity contribution is -0.155. The molecule has 2 unspecified atom stereocenters. The van der Waals surface area contributed by atoms with Gasteiger partial charge in [0.05, 0.1) is 6.54 Å². The molecule has 0 bridgehead atoms. The summed E-state index contributed by atoms with van der Waals surface area (Å²) in [5, 5.41) is 11.8. The van der Waals surface area contributed by atoms with E-state index in [1.54, 1.807) is 6.07 Å². The van der Waals surface area contributed by atoms with Crippen LogP contribution in [0.4, 0.5) is 18.0 Å². The maximum Gasteiger partial charge on any atom is 0.412 e. The van der Waals surface area contributed by atoms with Crippen LogP contribution in [0.2, 0.25) is 0 Å². The maximum absolute atomic E-state index is 13.2. The Morgan fingerprint density at radius 3 is 2.39 bits per heavy atom. The Hall–Kier alpha value is -2.29. The Morgan fingerprint density at radius 2 is 1.91 bits per heavy atom. The van der Waals surface area contributed by atoms with Crippen LogP contribution >= 0.6 is 0 Å². The molecule has 6 nitrogen and oxygen atoms in total. The van der Waals surface area contributed by atoms with Crippen molar-refractivity contribution in [2.75, 3.05) is 13.1 Å². The smallest absolute Gasteiger partial charge is 0.378 e. The average molecular weight is 331 g/mol. The summed E-state index contributed by atoms with van der Waals surface area (Å²) in [6.45, 7) is -0.502. The third-order valence-corrected chi connectivity index (χ3v) is 3.72. The zero-order valence-electron chi connectivity index (χ0n) is 12.0. The van der Waals surface area contributed by atoms with E-state index >= 15 is 0 Å². The van der Waals surface area contributed by atoms with Gasteiger partial charge in [-0.05, 0) is 5.56 Å². The van der Waals surface area contributed by atoms with E-state index in [0.29, 0.717) is 0 Å². The van der Waals surface area contributed by atoms with Gasteiger partial charge in [-0.1, -0.05) is 30.3 Å². The molecule has 1 heterocycles. The fourth-order valence-corrected chi connectivity index (χ4v) is 2.38. The van der Waals surface area contributed by atoms with Crippen molar-refractivity contribution in [3.05, 3.63) is 35.9 Å². The lowest BCUT2D eigenvalue weighted by atomic mass is 10.0. The van der Waals surface area contributed by atoms with Crippen molar-refractivity contribution >= 4 is 11.9 Å². The molecule has 1 aliphatic rings. The number of amides is 3. The number of hydrogen-bond donors (Lipinski definition) is 3. The van der Waals surface area contributed by atoms with E-state index in [0.717, 1.165) is 4.90 Å². The fraction of sp³-hybridized carbons (Fsp3) is 0.429. The number of β-amino-alcohol motifs (C(OH)–C–C–N with tert-alkyl or cyclic N) is 1. The summed E-state index contributed by atoms with van der Waals surface area (Å²) in [5.41, 5.74) is 3.01. The fourth-order valence-electron chi connectivity index (χ4n) is 2.38. The number of primary amides is 1. The van der Waals surface area contributed by atoms with Gasteiger partial charge in [-0.15, -0.1) is 0 Å². The number of rotatable bonds is 3. The van der Waals surface area contributed by atoms with Gasteiger partial charge in [-0.3, -0.25) is 4.79 Å². The highest BCUT2D eigenvalue weighted by atomic mass is 19.4. The van der Waals surface area contributed by atoms with Crippen LogP contribution in [0.1, 0.15) is 18.0 Å². The molecule has 126 valence electrons. The van der Waals surface area contributed by atoms with E-state index in [-0.39, 0.29) is 18.5 Å². The van der Waals surface area contributed by atoms with Crippen LogP contribution in [-0.2, 0) is 4.79 Å². The van der Waals surface area contributed by atoms with Crippen molar-refractivity contribution in [1.29, 1.82) is 0 Å². The van der Waals surface area contributed by atoms with E-state index in [4.69, 9.17) is 5.73 Å². The number of carbonyl (C=O) groups excluding carboxylic acids is 2. The lowest BCUT2D eigenvalue weighted by Gasteiger charge is -2.26. The second-order valence-corrected chi connectivity index (χ2v) is 5.40. The number of nitrogens with two attached hydrogens (primary N) is 1. The number of hydrogen-bond acceptors (Lipinski definition) is 3. The van der Waals surface area contributed by atoms with Crippen molar-refractivity contribution in [1.82, 2.24) is 10.2 Å². The predicted molar refractivity (Wildman–Crippen MR) is 74.1 cm³/mol. The summed E-state index contributed by atoms with van der Waals surface area (Å²) in [7, 11) is 0. The van der Waals surface area contributed by atoms with Gasteiger partial charge >= 0.3 is 12.2 Å². The molecule has 0 spiro atoms. The summed E-state index contributed by atoms with van der Waals surface area (Å²) in [6.07, 6.45) is -4.80. The topological polar surface area (TPSA) is 95.7 Å². The second-order valence-electron chi connectivity index (χ2n) is 5.40. The minimum absolute atomic E-state index is 0.0648. The molecular weight excluding hydrogens is 315 g/mol. The van der Waals surface area contributed by atoms with E-state index in [1.165, 1.54) is 24.3 Å². The average Bonchev–Trinajstić information content (AvgIpc) is 2.88. The number of urea groups is 1. The summed E-state index contributed by atoms with van der Waals surface area (Å²) in [5.74, 6) is -1.01. The molecule has 3 amide bonds. The van der Waals surface area contributed by atoms with Crippen LogP contribution in [-0.4, -0.2) is 46.8 Å². The van der Waals surface area contributed by atoms with Crippen LogP contribution in [0.3, 0.4) is 0 Å². The van der Waals surface area contributed by atoms with E-state index in [2.05, 4.69) is 0 Å². The van der Waals surface area contributed by atoms with Gasteiger partial charge in [-0.25, -0.2) is 4.79 Å². The minimum Gasteiger partial charge on any atom is -0.378 e. The summed E-state index contributed by atoms with van der Waals surface area (Å²) >= 11 is 0. The SMILES string of the molecule is NC(=O)C1(O)CCN(C(=O)NC(c2ccccc2)C(F)(F)F)C1. The Bertz CT molecular complexity index is 594. The quantitative estimate of drug-likeness (QED) is 0.768. The van der Waals surface area contributed by atoms with Crippen LogP contribution < -0.4 is 11.1 Å². The molecular formula is C14H16F3N3O3. The number of aliphatic hydroxyl groups is 1. The van der Waals surface area contributed by atoms with Gasteiger partial charge in [0.25, 0.3) is 5.91 Å². The Morgan fingerprint density at radius 1 is 1.30 bits per heavy atom. The summed E-state index contributed by atoms with van der Waals surface area (Å²) in [6, 6.07) is 3.73. The maximum atomic E-state index is 13.2. The number of nitrogens with zero attached hydrogens (tertiary/aromatic N) is 1. The van der Waals surface area contributed by atoms with Gasteiger partial charge in [0.2, 0.25) is 0 Å². The van der Waals surface area contributed by atoms with Crippen molar-refractivity contribution in [3.8, 4) is 0 Å². The Labute approximate surface area is 130 Å². The number of benzene rings is 1. The molecule has 1 saturated heterocycles. The standard InChI is InChI=1S/C14H16F3N3O3/c15-14(16,17)10(9-4-2-1-3-5-9)19-12(22)20-7-6-13(23,8-20)11(18)21/h1-5,10,23H,6-8H2,(H2,18,21)(H,19,22). The van der Waals surface area contributed by atoms with E-state index in [1.807, 2.05) is 5.32 Å². The first-order valence-electron chi connectivity index (χ1n) is 6.83. The van der Waals surface area contributed by atoms with Crippen LogP contribution in [0, 0.1) is 0 Å². The van der Waals surface area contributed by atoms with Gasteiger partial charge in [0.1, 0.15) is 0 Å². The Kier molecular flexibility index (Phi) is 4.51. The van der Waals surface area contributed by atoms with Crippen molar-refractivity contribution in [3.63, 3.8) is 0 Å². The van der Waals surface area contributed by atoms with Crippen molar-refractivity contribution < 1.29 is 27.9 Å². The molecule has 0 aromatic heterocycles. The molecule has 1 aromatic carbocycles. The molecule has 0 radical (unpaired) electrons. The van der Waals surface area contributed by atoms with Crippen molar-refractivity contribution in [2.24, 2.45) is 5.73 Å². The second kappa shape index (κ2) is 6.07. The van der Waals surface area contributed by atoms with Crippen LogP contribution in [0.5, 0.6) is 0 Å². The number of nitrogens with one attached hydrogen (secondary N) is 1. The first-order valence-corrected chi connectivity index (χ1v) is 6.83. The molecule has 1 aromatic rings. The highest BCUT2D eigenvalue weighted by Gasteiger charge is 2.46. The lowest BCUT2D eigenvalue weighted by Crippen LogP contribution is -2.49. The molecule has 9 heteroatoms. The third kappa shape index (κ3) is 3.73. The molecule has 0 aliphatic carbocycles. The van der Waals surface area contributed by atoms with Crippen molar-refractivity contribution in [2.45, 2.75) is 24.2 Å². The zero-order chi connectivity index (χ0) is 17.3. The molecule has 23 heavy (non-hydrogen) atoms. The molecule has 1 aliphatic heterocycles. The highest BCUT2D eigenvalue weighted by molar-refractivity contribution is 5.85. The number of alkyl halides is 3. The summed E-state index contributed by atoms with van der Waals surface area (Å²) in [4.78, 5) is 24.1. The van der Waals surface area contributed by atoms with Gasteiger partial charge in [0.15, 0.2) is 11.6 Å². The molecule has 2 atom stereocenters. The predicted octanol–water partition coefficient (Wildman–Crippen LogP) is 0.922. The van der Waals surface area contributed by atoms with Gasteiger partial charge in [0, 0.05) is 13.0 Å². The summed E-state index contributed by atoms with van der Waals surface area (Å²) < 4.78 is 39.5. The van der Waals surface area contributed by atoms with Gasteiger partial charge in [-0.2, -0.15) is 13.2 Å². The number of likely N-dealkylation sites (tertiary alicyclic amines) is 1. The van der Waals surface area contributed by atoms with Crippen LogP contribution in [0.25, 0.3) is 0 Å². The van der Waals surface area contributed by atoms with Gasteiger partial charge < -0.3 is 21.1 Å². The molecule has 1 fully saturated rings. The molecule has 2 rings (SSSR count). The normalized spacial score (nSPS) is 22.7. The first-order chi connectivity index (χ1) is 10.6. The third-order valence-electron chi connectivity index (χ3n) is 3.72. The Balaban J connectivity index is 2.12. The largest absolute Gasteiger partial charge is 0.412 e. The molecule has 0 saturated carbocycles. The molecule has 4 N–H and O–H groups in total. The van der Waals surface area contributed by atoms with E-state index in [9.17, 15) is 27.9 Å². The number of halogens is 3. The minimum atomic E-state index is -4.68. The monoisotopic (exact) mass is 331 g/mol. The van der Waals surface area contributed by atoms with Crippen LogP contribution in [0.15, 0.2) is 30.3 Å². The van der Waals surface area contributed by atoms with E-state index < -0.39 is 36.3 Å². The highest BCUT2D eigenvalue weighted by Crippen LogP contribution is 2.33. The first kappa shape index (κ1) is 17.1. The zero-order valence-corrected chi connectivity index (χ0v) is 12.0.